The van der Waals surface area contributed by atoms with Gasteiger partial charge in [0.15, 0.2) is 5.13 Å². The standard InChI is InChI=1S/C21H26N2O6S/c1-20(2,3)29-19(26)23(12-13-5-7-15(28-4)8-6-13)18-22-11-16(30-18)21(27)9-14(10-21)17(24)25/h5-8,11,14,27H,9-10,12H2,1-4H3,(H,24,25). The third-order valence-corrected chi connectivity index (χ3v) is 6.03. The summed E-state index contributed by atoms with van der Waals surface area (Å²) in [5.74, 6) is -0.777. The quantitative estimate of drug-likeness (QED) is 0.712. The first kappa shape index (κ1) is 22.0. The van der Waals surface area contributed by atoms with Crippen LogP contribution in [0.15, 0.2) is 30.5 Å². The average molecular weight is 435 g/mol. The fourth-order valence-corrected chi connectivity index (χ4v) is 4.19. The van der Waals surface area contributed by atoms with Gasteiger partial charge in [0.05, 0.1) is 24.4 Å². The second kappa shape index (κ2) is 8.23. The summed E-state index contributed by atoms with van der Waals surface area (Å²) in [6.07, 6.45) is 1.22. The molecule has 162 valence electrons. The van der Waals surface area contributed by atoms with Crippen molar-refractivity contribution < 1.29 is 29.3 Å². The molecule has 8 nitrogen and oxygen atoms in total. The van der Waals surface area contributed by atoms with Crippen molar-refractivity contribution in [1.82, 2.24) is 4.98 Å². The van der Waals surface area contributed by atoms with E-state index in [1.807, 2.05) is 12.1 Å². The van der Waals surface area contributed by atoms with Crippen molar-refractivity contribution >= 4 is 28.5 Å². The molecule has 0 saturated heterocycles. The van der Waals surface area contributed by atoms with Crippen molar-refractivity contribution in [3.05, 3.63) is 40.9 Å². The van der Waals surface area contributed by atoms with Crippen LogP contribution in [0, 0.1) is 5.92 Å². The maximum Gasteiger partial charge on any atom is 0.416 e. The fourth-order valence-electron chi connectivity index (χ4n) is 3.18. The SMILES string of the molecule is COc1ccc(CN(C(=O)OC(C)(C)C)c2ncc(C3(O)CC(C(=O)O)C3)s2)cc1. The summed E-state index contributed by atoms with van der Waals surface area (Å²) in [5, 5.41) is 20.2. The molecule has 0 spiro atoms. The van der Waals surface area contributed by atoms with Crippen LogP contribution in [-0.4, -0.2) is 40.0 Å². The lowest BCUT2D eigenvalue weighted by molar-refractivity contribution is -0.159. The zero-order valence-electron chi connectivity index (χ0n) is 17.4. The number of aromatic nitrogens is 1. The second-order valence-electron chi connectivity index (χ2n) is 8.40. The Hall–Kier alpha value is -2.65. The largest absolute Gasteiger partial charge is 0.497 e. The number of carbonyl (C=O) groups excluding carboxylic acids is 1. The second-order valence-corrected chi connectivity index (χ2v) is 9.41. The number of hydrogen-bond acceptors (Lipinski definition) is 7. The third-order valence-electron chi connectivity index (χ3n) is 4.81. The summed E-state index contributed by atoms with van der Waals surface area (Å²) in [6, 6.07) is 7.31. The lowest BCUT2D eigenvalue weighted by Gasteiger charge is -2.40. The highest BCUT2D eigenvalue weighted by Crippen LogP contribution is 2.48. The predicted molar refractivity (Wildman–Crippen MR) is 112 cm³/mol. The van der Waals surface area contributed by atoms with Crippen LogP contribution in [0.1, 0.15) is 44.1 Å². The minimum absolute atomic E-state index is 0.134. The van der Waals surface area contributed by atoms with Crippen molar-refractivity contribution in [1.29, 1.82) is 0 Å². The zero-order valence-corrected chi connectivity index (χ0v) is 18.2. The molecule has 1 fully saturated rings. The summed E-state index contributed by atoms with van der Waals surface area (Å²) in [5.41, 5.74) is -1.05. The Bertz CT molecular complexity index is 912. The number of anilines is 1. The van der Waals surface area contributed by atoms with Crippen LogP contribution >= 0.6 is 11.3 Å². The van der Waals surface area contributed by atoms with Gasteiger partial charge in [-0.2, -0.15) is 0 Å². The number of aliphatic carboxylic acids is 1. The molecule has 0 radical (unpaired) electrons. The lowest BCUT2D eigenvalue weighted by Crippen LogP contribution is -2.44. The van der Waals surface area contributed by atoms with E-state index in [0.717, 1.165) is 5.56 Å². The van der Waals surface area contributed by atoms with E-state index in [0.29, 0.717) is 15.8 Å². The van der Waals surface area contributed by atoms with Crippen molar-refractivity contribution in [3.8, 4) is 5.75 Å². The molecule has 30 heavy (non-hydrogen) atoms. The summed E-state index contributed by atoms with van der Waals surface area (Å²) in [7, 11) is 1.58. The number of ether oxygens (including phenoxy) is 2. The number of methoxy groups -OCH3 is 1. The van der Waals surface area contributed by atoms with Gasteiger partial charge in [0.1, 0.15) is 17.0 Å². The summed E-state index contributed by atoms with van der Waals surface area (Å²) >= 11 is 1.17. The first-order chi connectivity index (χ1) is 14.0. The Labute approximate surface area is 179 Å². The molecule has 0 aliphatic heterocycles. The van der Waals surface area contributed by atoms with E-state index in [2.05, 4.69) is 4.98 Å². The number of carbonyl (C=O) groups is 2. The van der Waals surface area contributed by atoms with Crippen molar-refractivity contribution in [2.24, 2.45) is 5.92 Å². The van der Waals surface area contributed by atoms with E-state index in [1.165, 1.54) is 22.4 Å². The van der Waals surface area contributed by atoms with Crippen molar-refractivity contribution in [2.45, 2.75) is 51.4 Å². The molecule has 1 saturated carbocycles. The molecule has 1 aliphatic carbocycles. The molecule has 2 N–H and O–H groups in total. The van der Waals surface area contributed by atoms with Gasteiger partial charge in [-0.25, -0.2) is 14.7 Å². The number of rotatable bonds is 6. The van der Waals surface area contributed by atoms with E-state index in [4.69, 9.17) is 14.6 Å². The minimum atomic E-state index is -1.22. The Morgan fingerprint density at radius 1 is 1.27 bits per heavy atom. The van der Waals surface area contributed by atoms with Gasteiger partial charge in [0.2, 0.25) is 0 Å². The van der Waals surface area contributed by atoms with E-state index in [-0.39, 0.29) is 19.4 Å². The Morgan fingerprint density at radius 3 is 2.43 bits per heavy atom. The van der Waals surface area contributed by atoms with E-state index >= 15 is 0 Å². The molecule has 0 atom stereocenters. The minimum Gasteiger partial charge on any atom is -0.497 e. The predicted octanol–water partition coefficient (Wildman–Crippen LogP) is 3.78. The molecule has 1 amide bonds. The number of hydrogen-bond donors (Lipinski definition) is 2. The van der Waals surface area contributed by atoms with Gasteiger partial charge in [0, 0.05) is 6.20 Å². The average Bonchev–Trinajstić information content (AvgIpc) is 3.12. The van der Waals surface area contributed by atoms with Gasteiger partial charge in [0.25, 0.3) is 0 Å². The molecule has 1 heterocycles. The number of aliphatic hydroxyl groups is 1. The smallest absolute Gasteiger partial charge is 0.416 e. The molecule has 0 unspecified atom stereocenters. The highest BCUT2D eigenvalue weighted by atomic mass is 32.1. The highest BCUT2D eigenvalue weighted by molar-refractivity contribution is 7.15. The molecular weight excluding hydrogens is 408 g/mol. The van der Waals surface area contributed by atoms with Gasteiger partial charge < -0.3 is 19.7 Å². The van der Waals surface area contributed by atoms with Gasteiger partial charge in [-0.15, -0.1) is 0 Å². The first-order valence-electron chi connectivity index (χ1n) is 9.56. The monoisotopic (exact) mass is 434 g/mol. The third kappa shape index (κ3) is 4.91. The Morgan fingerprint density at radius 2 is 1.90 bits per heavy atom. The van der Waals surface area contributed by atoms with Crippen LogP contribution in [0.25, 0.3) is 0 Å². The van der Waals surface area contributed by atoms with Crippen LogP contribution in [0.3, 0.4) is 0 Å². The molecule has 3 rings (SSSR count). The Balaban J connectivity index is 1.84. The molecule has 0 bridgehead atoms. The topological polar surface area (TPSA) is 109 Å². The van der Waals surface area contributed by atoms with E-state index in [9.17, 15) is 14.7 Å². The number of carboxylic acids is 1. The summed E-state index contributed by atoms with van der Waals surface area (Å²) in [4.78, 5) is 30.2. The van der Waals surface area contributed by atoms with Crippen molar-refractivity contribution in [2.75, 3.05) is 12.0 Å². The highest BCUT2D eigenvalue weighted by Gasteiger charge is 2.49. The number of carboxylic acid groups (broad SMARTS) is 1. The maximum absolute atomic E-state index is 12.9. The molecule has 1 aromatic carbocycles. The van der Waals surface area contributed by atoms with Crippen LogP contribution in [0.5, 0.6) is 5.75 Å². The van der Waals surface area contributed by atoms with Crippen LogP contribution in [-0.2, 0) is 21.7 Å². The van der Waals surface area contributed by atoms with Crippen LogP contribution in [0.2, 0.25) is 0 Å². The van der Waals surface area contributed by atoms with Gasteiger partial charge >= 0.3 is 12.1 Å². The van der Waals surface area contributed by atoms with E-state index in [1.54, 1.807) is 40.0 Å². The Kier molecular flexibility index (Phi) is 6.05. The lowest BCUT2D eigenvalue weighted by atomic mass is 9.70. The first-order valence-corrected chi connectivity index (χ1v) is 10.4. The zero-order chi connectivity index (χ0) is 22.1. The normalized spacial score (nSPS) is 20.9. The molecule has 2 aromatic rings. The number of amides is 1. The summed E-state index contributed by atoms with van der Waals surface area (Å²) in [6.45, 7) is 5.58. The molecule has 1 aliphatic rings. The number of benzene rings is 1. The summed E-state index contributed by atoms with van der Waals surface area (Å²) < 4.78 is 10.7. The van der Waals surface area contributed by atoms with E-state index < -0.39 is 29.2 Å². The van der Waals surface area contributed by atoms with Gasteiger partial charge in [-0.3, -0.25) is 4.79 Å². The molecule has 9 heteroatoms. The maximum atomic E-state index is 12.9. The number of nitrogens with zero attached hydrogens (tertiary/aromatic N) is 2. The number of thiazole rings is 1. The van der Waals surface area contributed by atoms with Crippen molar-refractivity contribution in [3.63, 3.8) is 0 Å². The van der Waals surface area contributed by atoms with Crippen LogP contribution in [0.4, 0.5) is 9.93 Å². The van der Waals surface area contributed by atoms with Gasteiger partial charge in [-0.1, -0.05) is 23.5 Å². The van der Waals surface area contributed by atoms with Crippen LogP contribution < -0.4 is 9.64 Å². The molecular formula is C21H26N2O6S. The molecule has 1 aromatic heterocycles. The fraction of sp³-hybridized carbons (Fsp3) is 0.476. The van der Waals surface area contributed by atoms with Gasteiger partial charge in [-0.05, 0) is 51.3 Å².